The van der Waals surface area contributed by atoms with Crippen LogP contribution in [0.4, 0.5) is 11.5 Å². The first kappa shape index (κ1) is 11.8. The number of phenols is 1. The van der Waals surface area contributed by atoms with E-state index in [0.717, 1.165) is 24.2 Å². The highest BCUT2D eigenvalue weighted by molar-refractivity contribution is 5.49. The number of nitrogen functional groups attached to an aromatic ring is 1. The minimum absolute atomic E-state index is 0.253. The predicted molar refractivity (Wildman–Crippen MR) is 76.1 cm³/mol. The summed E-state index contributed by atoms with van der Waals surface area (Å²) in [4.78, 5) is 4.60. The molecule has 0 unspecified atom stereocenters. The van der Waals surface area contributed by atoms with Crippen molar-refractivity contribution in [3.05, 3.63) is 47.2 Å². The Morgan fingerprint density at radius 1 is 1.21 bits per heavy atom. The van der Waals surface area contributed by atoms with E-state index in [2.05, 4.69) is 16.4 Å². The summed E-state index contributed by atoms with van der Waals surface area (Å²) >= 11 is 0. The Balaban J connectivity index is 1.74. The molecule has 98 valence electrons. The van der Waals surface area contributed by atoms with Crippen molar-refractivity contribution in [3.8, 4) is 5.75 Å². The third kappa shape index (κ3) is 2.47. The molecule has 0 radical (unpaired) electrons. The van der Waals surface area contributed by atoms with Gasteiger partial charge in [-0.3, -0.25) is 0 Å². The van der Waals surface area contributed by atoms with Gasteiger partial charge in [0.05, 0.1) is 0 Å². The van der Waals surface area contributed by atoms with E-state index in [1.54, 1.807) is 18.2 Å². The van der Waals surface area contributed by atoms with Gasteiger partial charge in [0.2, 0.25) is 0 Å². The number of hydrogen-bond donors (Lipinski definition) is 3. The molecule has 0 saturated carbocycles. The Hall–Kier alpha value is -2.23. The summed E-state index contributed by atoms with van der Waals surface area (Å²) in [5.41, 5.74) is 9.70. The second kappa shape index (κ2) is 4.80. The molecule has 4 nitrogen and oxygen atoms in total. The Kier molecular flexibility index (Phi) is 2.99. The standard InChI is InChI=1S/C15H17N3O/c16-12-5-6-14(19)11(8-12)9-17-15-7-4-10-2-1-3-13(10)18-15/h4-8,19H,1-3,9,16H2,(H,17,18). The number of hydrogen-bond acceptors (Lipinski definition) is 4. The number of nitrogens with one attached hydrogen (secondary N) is 1. The summed E-state index contributed by atoms with van der Waals surface area (Å²) in [5.74, 6) is 1.10. The first-order valence-corrected chi connectivity index (χ1v) is 6.52. The SMILES string of the molecule is Nc1ccc(O)c(CNc2ccc3c(n2)CCC3)c1. The maximum Gasteiger partial charge on any atom is 0.126 e. The lowest BCUT2D eigenvalue weighted by molar-refractivity contribution is 0.469. The minimum Gasteiger partial charge on any atom is -0.508 e. The third-order valence-corrected chi connectivity index (χ3v) is 3.49. The smallest absolute Gasteiger partial charge is 0.126 e. The molecule has 19 heavy (non-hydrogen) atoms. The quantitative estimate of drug-likeness (QED) is 0.582. The van der Waals surface area contributed by atoms with Crippen LogP contribution in [-0.4, -0.2) is 10.1 Å². The van der Waals surface area contributed by atoms with Gasteiger partial charge >= 0.3 is 0 Å². The van der Waals surface area contributed by atoms with Gasteiger partial charge in [0.1, 0.15) is 11.6 Å². The second-order valence-corrected chi connectivity index (χ2v) is 4.90. The second-order valence-electron chi connectivity index (χ2n) is 4.90. The molecule has 0 atom stereocenters. The highest BCUT2D eigenvalue weighted by atomic mass is 16.3. The lowest BCUT2D eigenvalue weighted by Gasteiger charge is -2.09. The molecular weight excluding hydrogens is 238 g/mol. The van der Waals surface area contributed by atoms with Gasteiger partial charge < -0.3 is 16.2 Å². The number of nitrogens with zero attached hydrogens (tertiary/aromatic N) is 1. The van der Waals surface area contributed by atoms with Crippen LogP contribution in [0.15, 0.2) is 30.3 Å². The van der Waals surface area contributed by atoms with E-state index in [9.17, 15) is 5.11 Å². The van der Waals surface area contributed by atoms with Gasteiger partial charge in [-0.25, -0.2) is 4.98 Å². The average molecular weight is 255 g/mol. The summed E-state index contributed by atoms with van der Waals surface area (Å²) in [7, 11) is 0. The summed E-state index contributed by atoms with van der Waals surface area (Å²) in [6.45, 7) is 0.517. The first-order valence-electron chi connectivity index (χ1n) is 6.52. The zero-order valence-corrected chi connectivity index (χ0v) is 10.7. The molecule has 1 aliphatic carbocycles. The monoisotopic (exact) mass is 255 g/mol. The van der Waals surface area contributed by atoms with Gasteiger partial charge in [-0.1, -0.05) is 6.07 Å². The average Bonchev–Trinajstić information content (AvgIpc) is 2.87. The summed E-state index contributed by atoms with van der Waals surface area (Å²) in [6, 6.07) is 9.20. The molecule has 1 aliphatic rings. The van der Waals surface area contributed by atoms with Crippen molar-refractivity contribution in [2.24, 2.45) is 0 Å². The van der Waals surface area contributed by atoms with Crippen LogP contribution in [0, 0.1) is 0 Å². The van der Waals surface area contributed by atoms with Crippen molar-refractivity contribution in [2.75, 3.05) is 11.1 Å². The molecule has 4 heteroatoms. The Morgan fingerprint density at radius 3 is 3.00 bits per heavy atom. The number of aromatic hydroxyl groups is 1. The van der Waals surface area contributed by atoms with Crippen molar-refractivity contribution in [1.29, 1.82) is 0 Å². The van der Waals surface area contributed by atoms with Crippen molar-refractivity contribution < 1.29 is 5.11 Å². The number of nitrogens with two attached hydrogens (primary N) is 1. The van der Waals surface area contributed by atoms with E-state index >= 15 is 0 Å². The van der Waals surface area contributed by atoms with Crippen molar-refractivity contribution in [1.82, 2.24) is 4.98 Å². The molecule has 0 bridgehead atoms. The van der Waals surface area contributed by atoms with E-state index in [1.807, 2.05) is 6.07 Å². The number of benzene rings is 1. The molecule has 2 aromatic rings. The topological polar surface area (TPSA) is 71.2 Å². The van der Waals surface area contributed by atoms with E-state index in [0.29, 0.717) is 12.2 Å². The fraction of sp³-hybridized carbons (Fsp3) is 0.267. The summed E-state index contributed by atoms with van der Waals surface area (Å²) in [6.07, 6.45) is 3.40. The fourth-order valence-electron chi connectivity index (χ4n) is 2.45. The third-order valence-electron chi connectivity index (χ3n) is 3.49. The van der Waals surface area contributed by atoms with Crippen LogP contribution in [0.2, 0.25) is 0 Å². The van der Waals surface area contributed by atoms with E-state index in [1.165, 1.54) is 17.7 Å². The number of pyridine rings is 1. The Morgan fingerprint density at radius 2 is 2.11 bits per heavy atom. The van der Waals surface area contributed by atoms with Crippen LogP contribution in [-0.2, 0) is 19.4 Å². The molecule has 0 saturated heterocycles. The largest absolute Gasteiger partial charge is 0.508 e. The number of aryl methyl sites for hydroxylation is 2. The molecule has 0 aliphatic heterocycles. The van der Waals surface area contributed by atoms with Crippen molar-refractivity contribution >= 4 is 11.5 Å². The van der Waals surface area contributed by atoms with Gasteiger partial charge in [0.25, 0.3) is 0 Å². The summed E-state index contributed by atoms with van der Waals surface area (Å²) in [5, 5.41) is 13.0. The molecule has 1 aromatic carbocycles. The minimum atomic E-state index is 0.253. The highest BCUT2D eigenvalue weighted by Crippen LogP contribution is 2.23. The molecule has 0 fully saturated rings. The molecule has 1 heterocycles. The van der Waals surface area contributed by atoms with Gasteiger partial charge in [-0.2, -0.15) is 0 Å². The van der Waals surface area contributed by atoms with E-state index in [4.69, 9.17) is 5.73 Å². The number of aromatic nitrogens is 1. The van der Waals surface area contributed by atoms with Gasteiger partial charge in [-0.05, 0) is 49.1 Å². The lowest BCUT2D eigenvalue weighted by Crippen LogP contribution is -2.03. The van der Waals surface area contributed by atoms with E-state index in [-0.39, 0.29) is 5.75 Å². The van der Waals surface area contributed by atoms with Crippen LogP contribution in [0.3, 0.4) is 0 Å². The predicted octanol–water partition coefficient (Wildman–Crippen LogP) is 2.47. The summed E-state index contributed by atoms with van der Waals surface area (Å²) < 4.78 is 0. The number of fused-ring (bicyclic) bond motifs is 1. The molecule has 3 rings (SSSR count). The molecule has 1 aromatic heterocycles. The Bertz CT molecular complexity index is 610. The maximum atomic E-state index is 9.75. The Labute approximate surface area is 112 Å². The normalized spacial score (nSPS) is 13.3. The molecule has 0 spiro atoms. The van der Waals surface area contributed by atoms with Crippen molar-refractivity contribution in [2.45, 2.75) is 25.8 Å². The van der Waals surface area contributed by atoms with Gasteiger partial charge in [0.15, 0.2) is 0 Å². The highest BCUT2D eigenvalue weighted by Gasteiger charge is 2.12. The van der Waals surface area contributed by atoms with Crippen LogP contribution in [0.1, 0.15) is 23.2 Å². The van der Waals surface area contributed by atoms with Gasteiger partial charge in [0, 0.05) is 23.5 Å². The number of rotatable bonds is 3. The van der Waals surface area contributed by atoms with Crippen LogP contribution in [0.25, 0.3) is 0 Å². The first-order chi connectivity index (χ1) is 9.22. The zero-order valence-electron chi connectivity index (χ0n) is 10.7. The lowest BCUT2D eigenvalue weighted by atomic mass is 10.1. The molecule has 4 N–H and O–H groups in total. The van der Waals surface area contributed by atoms with Crippen molar-refractivity contribution in [3.63, 3.8) is 0 Å². The van der Waals surface area contributed by atoms with Crippen LogP contribution in [0.5, 0.6) is 5.75 Å². The number of phenolic OH excluding ortho intramolecular Hbond substituents is 1. The van der Waals surface area contributed by atoms with Crippen LogP contribution < -0.4 is 11.1 Å². The fourth-order valence-corrected chi connectivity index (χ4v) is 2.45. The number of anilines is 2. The zero-order chi connectivity index (χ0) is 13.2. The van der Waals surface area contributed by atoms with Gasteiger partial charge in [-0.15, -0.1) is 0 Å². The van der Waals surface area contributed by atoms with Crippen LogP contribution >= 0.6 is 0 Å². The maximum absolute atomic E-state index is 9.75. The molecule has 0 amide bonds. The molecular formula is C15H17N3O. The van der Waals surface area contributed by atoms with E-state index < -0.39 is 0 Å².